The summed E-state index contributed by atoms with van der Waals surface area (Å²) < 4.78 is 13.2. The third-order valence-corrected chi connectivity index (χ3v) is 1.51. The van der Waals surface area contributed by atoms with Gasteiger partial charge in [0.1, 0.15) is 0 Å². The van der Waals surface area contributed by atoms with Gasteiger partial charge in [-0.1, -0.05) is 22.0 Å². The molecule has 0 atom stereocenters. The summed E-state index contributed by atoms with van der Waals surface area (Å²) in [5.41, 5.74) is 0.429. The van der Waals surface area contributed by atoms with Crippen LogP contribution in [0, 0.1) is 12.7 Å². The van der Waals surface area contributed by atoms with Crippen LogP contribution in [0.5, 0.6) is 0 Å². The summed E-state index contributed by atoms with van der Waals surface area (Å²) in [5, 5.41) is 0. The van der Waals surface area contributed by atoms with E-state index in [2.05, 4.69) is 22.9 Å². The van der Waals surface area contributed by atoms with Gasteiger partial charge < -0.3 is 17.0 Å². The fourth-order valence-corrected chi connectivity index (χ4v) is 0.855. The van der Waals surface area contributed by atoms with Gasteiger partial charge in [-0.05, 0) is 4.47 Å². The van der Waals surface area contributed by atoms with E-state index in [0.717, 1.165) is 4.47 Å². The second-order valence-corrected chi connectivity index (χ2v) is 2.65. The Balaban J connectivity index is 0. The van der Waals surface area contributed by atoms with Crippen LogP contribution in [0.1, 0.15) is 5.56 Å². The van der Waals surface area contributed by atoms with Gasteiger partial charge in [0.2, 0.25) is 0 Å². The van der Waals surface area contributed by atoms with Gasteiger partial charge >= 0.3 is 23.1 Å². The smallest absolute Gasteiger partial charge is 1.00 e. The van der Waals surface area contributed by atoms with E-state index >= 15 is 0 Å². The summed E-state index contributed by atoms with van der Waals surface area (Å²) in [4.78, 5) is 0. The maximum atomic E-state index is 12.5. The monoisotopic (exact) mass is 290 g/mol. The summed E-state index contributed by atoms with van der Waals surface area (Å²) in [7, 11) is 0. The van der Waals surface area contributed by atoms with Crippen molar-refractivity contribution in [2.75, 3.05) is 0 Å². The van der Waals surface area contributed by atoms with E-state index in [4.69, 9.17) is 0 Å². The zero-order chi connectivity index (χ0) is 6.85. The minimum absolute atomic E-state index is 0. The van der Waals surface area contributed by atoms with Gasteiger partial charge in [0, 0.05) is 5.82 Å². The fourth-order valence-electron chi connectivity index (χ4n) is 0.522. The van der Waals surface area contributed by atoms with Gasteiger partial charge in [0.25, 0.3) is 0 Å². The summed E-state index contributed by atoms with van der Waals surface area (Å²) in [6.07, 6.45) is 0. The van der Waals surface area contributed by atoms with Crippen LogP contribution in [-0.4, -0.2) is 23.1 Å². The van der Waals surface area contributed by atoms with E-state index in [1.165, 1.54) is 6.07 Å². The van der Waals surface area contributed by atoms with Crippen molar-refractivity contribution < 1.29 is 21.4 Å². The molecule has 0 saturated carbocycles. The van der Waals surface area contributed by atoms with Crippen molar-refractivity contribution in [3.8, 4) is 0 Å². The average molecular weight is 292 g/mol. The molecule has 1 aromatic rings. The fraction of sp³-hybridized carbons (Fsp3) is 0. The largest absolute Gasteiger partial charge is 2.00 e. The third-order valence-electron chi connectivity index (χ3n) is 1.02. The molecule has 0 bridgehead atoms. The molecule has 0 heterocycles. The van der Waals surface area contributed by atoms with Crippen LogP contribution in [0.15, 0.2) is 22.7 Å². The number of hydrogen-bond donors (Lipinski definition) is 0. The molecule has 0 nitrogen and oxygen atoms in total. The van der Waals surface area contributed by atoms with Crippen LogP contribution in [0.25, 0.3) is 0 Å². The van der Waals surface area contributed by atoms with Gasteiger partial charge in [-0.2, -0.15) is 18.6 Å². The molecule has 0 aliphatic rings. The second kappa shape index (κ2) is 6.28. The van der Waals surface area contributed by atoms with Crippen molar-refractivity contribution in [3.63, 3.8) is 0 Å². The molecule has 1 aromatic carbocycles. The first kappa shape index (κ1) is 14.3. The summed E-state index contributed by atoms with van der Waals surface area (Å²) in [6.45, 7) is 3.47. The number of halogens is 3. The Morgan fingerprint density at radius 1 is 1.36 bits per heavy atom. The Labute approximate surface area is 101 Å². The van der Waals surface area contributed by atoms with Gasteiger partial charge in [0.15, 0.2) is 0 Å². The second-order valence-electron chi connectivity index (χ2n) is 1.74. The maximum Gasteiger partial charge on any atom is 2.00 e. The molecule has 4 heteroatoms. The molecule has 0 aromatic heterocycles. The predicted molar refractivity (Wildman–Crippen MR) is 44.3 cm³/mol. The molecule has 1 rings (SSSR count). The molecular formula is C7H5Br2FMg. The molecule has 11 heavy (non-hydrogen) atoms. The van der Waals surface area contributed by atoms with Crippen LogP contribution in [-0.2, 0) is 0 Å². The van der Waals surface area contributed by atoms with Crippen molar-refractivity contribution in [2.24, 2.45) is 0 Å². The molecule has 56 valence electrons. The molecule has 0 radical (unpaired) electrons. The molecule has 0 aliphatic carbocycles. The van der Waals surface area contributed by atoms with Gasteiger partial charge in [-0.25, -0.2) is 0 Å². The van der Waals surface area contributed by atoms with Crippen LogP contribution >= 0.6 is 15.9 Å². The Bertz CT molecular complexity index is 228. The van der Waals surface area contributed by atoms with E-state index < -0.39 is 0 Å². The summed E-state index contributed by atoms with van der Waals surface area (Å²) >= 11 is 3.13. The molecule has 0 saturated heterocycles. The van der Waals surface area contributed by atoms with Crippen molar-refractivity contribution in [1.29, 1.82) is 0 Å². The molecule has 0 N–H and O–H groups in total. The van der Waals surface area contributed by atoms with Crippen LogP contribution in [0.3, 0.4) is 0 Å². The van der Waals surface area contributed by atoms with Crippen LogP contribution < -0.4 is 17.0 Å². The van der Waals surface area contributed by atoms with E-state index in [1.54, 1.807) is 12.1 Å². The molecule has 0 amide bonds. The van der Waals surface area contributed by atoms with E-state index in [9.17, 15) is 4.39 Å². The van der Waals surface area contributed by atoms with Crippen molar-refractivity contribution >= 4 is 39.0 Å². The minimum atomic E-state index is -0.274. The Kier molecular flexibility index (Phi) is 8.16. The van der Waals surface area contributed by atoms with E-state index in [-0.39, 0.29) is 45.9 Å². The Morgan fingerprint density at radius 3 is 2.27 bits per heavy atom. The van der Waals surface area contributed by atoms with E-state index in [0.29, 0.717) is 5.56 Å². The van der Waals surface area contributed by atoms with Gasteiger partial charge in [-0.3, -0.25) is 4.39 Å². The van der Waals surface area contributed by atoms with Crippen LogP contribution in [0.4, 0.5) is 4.39 Å². The average Bonchev–Trinajstić information content (AvgIpc) is 1.80. The minimum Gasteiger partial charge on any atom is -1.00 e. The first-order valence-corrected chi connectivity index (χ1v) is 3.26. The zero-order valence-corrected chi connectivity index (χ0v) is 10.4. The summed E-state index contributed by atoms with van der Waals surface area (Å²) in [5.74, 6) is -0.274. The molecule has 0 spiro atoms. The predicted octanol–water partition coefficient (Wildman–Crippen LogP) is -0.606. The van der Waals surface area contributed by atoms with Gasteiger partial charge in [0.05, 0.1) is 0 Å². The molecule has 0 fully saturated rings. The molecule has 0 unspecified atom stereocenters. The Hall–Kier alpha value is 0.746. The SMILES string of the molecule is [Br-].[CH2-]c1ccc(Br)cc1F.[Mg+2]. The zero-order valence-electron chi connectivity index (χ0n) is 5.78. The first-order chi connectivity index (χ1) is 4.20. The standard InChI is InChI=1S/C7H5BrF.BrH.Mg/c1-5-2-3-6(8)4-7(5)9;;/h2-4H,1H2;1H;/q-1;;+2/p-1. The Morgan fingerprint density at radius 2 is 1.91 bits per heavy atom. The first-order valence-electron chi connectivity index (χ1n) is 2.47. The van der Waals surface area contributed by atoms with Crippen LogP contribution in [0.2, 0.25) is 0 Å². The number of rotatable bonds is 0. The maximum absolute atomic E-state index is 12.5. The normalized spacial score (nSPS) is 7.82. The van der Waals surface area contributed by atoms with Gasteiger partial charge in [-0.15, -0.1) is 6.07 Å². The summed E-state index contributed by atoms with van der Waals surface area (Å²) in [6, 6.07) is 4.77. The van der Waals surface area contributed by atoms with Crippen molar-refractivity contribution in [1.82, 2.24) is 0 Å². The number of benzene rings is 1. The molecular weight excluding hydrogens is 287 g/mol. The third kappa shape index (κ3) is 4.35. The molecule has 0 aliphatic heterocycles. The topological polar surface area (TPSA) is 0 Å². The van der Waals surface area contributed by atoms with Crippen molar-refractivity contribution in [2.45, 2.75) is 0 Å². The number of hydrogen-bond acceptors (Lipinski definition) is 0. The quantitative estimate of drug-likeness (QED) is 0.442. The van der Waals surface area contributed by atoms with E-state index in [1.807, 2.05) is 0 Å². The van der Waals surface area contributed by atoms with Crippen molar-refractivity contribution in [3.05, 3.63) is 41.0 Å².